The number of thioether (sulfide) groups is 1. The van der Waals surface area contributed by atoms with Crippen molar-refractivity contribution in [1.82, 2.24) is 25.1 Å². The molecule has 1 aromatic heterocycles. The van der Waals surface area contributed by atoms with E-state index >= 15 is 0 Å². The number of nitrogens with zero attached hydrogens (tertiary/aromatic N) is 5. The molecular weight excluding hydrogens is 358 g/mol. The maximum atomic E-state index is 12.9. The predicted molar refractivity (Wildman–Crippen MR) is 106 cm³/mol. The summed E-state index contributed by atoms with van der Waals surface area (Å²) in [5.74, 6) is 0.516. The molecule has 1 amide bonds. The Bertz CT molecular complexity index is 786. The Morgan fingerprint density at radius 2 is 2.00 bits per heavy atom. The smallest absolute Gasteiger partial charge is 0.233 e. The van der Waals surface area contributed by atoms with Crippen molar-refractivity contribution < 1.29 is 4.79 Å². The molecule has 2 aliphatic carbocycles. The minimum atomic E-state index is 0.139. The van der Waals surface area contributed by atoms with E-state index in [0.29, 0.717) is 11.8 Å². The number of benzene rings is 1. The molecule has 2 aliphatic rings. The van der Waals surface area contributed by atoms with Gasteiger partial charge in [-0.3, -0.25) is 4.79 Å². The highest BCUT2D eigenvalue weighted by molar-refractivity contribution is 7.99. The van der Waals surface area contributed by atoms with Crippen molar-refractivity contribution >= 4 is 17.7 Å². The zero-order valence-electron chi connectivity index (χ0n) is 15.9. The first-order valence-corrected chi connectivity index (χ1v) is 11.0. The molecule has 0 aliphatic heterocycles. The van der Waals surface area contributed by atoms with E-state index in [1.54, 1.807) is 0 Å². The van der Waals surface area contributed by atoms with Crippen molar-refractivity contribution in [2.24, 2.45) is 0 Å². The summed E-state index contributed by atoms with van der Waals surface area (Å²) in [7, 11) is 1.93. The molecule has 7 heteroatoms. The monoisotopic (exact) mass is 385 g/mol. The summed E-state index contributed by atoms with van der Waals surface area (Å²) in [5, 5.41) is 13.0. The molecule has 4 rings (SSSR count). The number of hydrogen-bond acceptors (Lipinski definition) is 5. The molecule has 0 bridgehead atoms. The number of fused-ring (bicyclic) bond motifs is 1. The van der Waals surface area contributed by atoms with E-state index in [9.17, 15) is 4.79 Å². The van der Waals surface area contributed by atoms with Gasteiger partial charge in [0.2, 0.25) is 11.1 Å². The van der Waals surface area contributed by atoms with Gasteiger partial charge in [-0.15, -0.1) is 5.10 Å². The first kappa shape index (κ1) is 18.5. The summed E-state index contributed by atoms with van der Waals surface area (Å²) in [5.41, 5.74) is 2.68. The maximum Gasteiger partial charge on any atom is 0.233 e. The summed E-state index contributed by atoms with van der Waals surface area (Å²) in [6.07, 6.45) is 9.30. The number of tetrazole rings is 1. The van der Waals surface area contributed by atoms with Gasteiger partial charge >= 0.3 is 0 Å². The van der Waals surface area contributed by atoms with Crippen LogP contribution in [0.5, 0.6) is 0 Å². The number of amides is 1. The lowest BCUT2D eigenvalue weighted by Crippen LogP contribution is -2.34. The van der Waals surface area contributed by atoms with Gasteiger partial charge in [-0.05, 0) is 53.7 Å². The fourth-order valence-electron chi connectivity index (χ4n) is 4.37. The molecule has 27 heavy (non-hydrogen) atoms. The minimum absolute atomic E-state index is 0.139. The molecule has 0 radical (unpaired) electrons. The van der Waals surface area contributed by atoms with E-state index in [-0.39, 0.29) is 11.9 Å². The summed E-state index contributed by atoms with van der Waals surface area (Å²) in [4.78, 5) is 14.8. The number of hydrogen-bond donors (Lipinski definition) is 0. The lowest BCUT2D eigenvalue weighted by molar-refractivity contribution is -0.129. The average molecular weight is 386 g/mol. The topological polar surface area (TPSA) is 63.9 Å². The van der Waals surface area contributed by atoms with E-state index < -0.39 is 0 Å². The number of carbonyl (C=O) groups is 1. The number of aryl methyl sites for hydroxylation is 1. The number of aromatic nitrogens is 4. The summed E-state index contributed by atoms with van der Waals surface area (Å²) < 4.78 is 1.94. The highest BCUT2D eigenvalue weighted by atomic mass is 32.2. The standard InChI is InChI=1S/C20H27N5OS/c1-24(18-13-7-9-15-8-5-6-12-17(15)18)19(26)14-27-20-21-22-23-25(20)16-10-3-2-4-11-16/h5-6,8,12,16,18H,2-4,7,9-11,13-14H2,1H3. The van der Waals surface area contributed by atoms with Crippen LogP contribution < -0.4 is 0 Å². The molecule has 1 saturated carbocycles. The van der Waals surface area contributed by atoms with Gasteiger partial charge in [-0.25, -0.2) is 4.68 Å². The highest BCUT2D eigenvalue weighted by Gasteiger charge is 2.27. The van der Waals surface area contributed by atoms with Gasteiger partial charge < -0.3 is 4.90 Å². The van der Waals surface area contributed by atoms with Crippen LogP contribution in [0.4, 0.5) is 0 Å². The Labute approximate surface area is 164 Å². The Morgan fingerprint density at radius 1 is 1.19 bits per heavy atom. The van der Waals surface area contributed by atoms with Gasteiger partial charge in [-0.1, -0.05) is 55.3 Å². The SMILES string of the molecule is CN(C(=O)CSc1nnnn1C1CCCCC1)C1CCCc2ccccc21. The second-order valence-corrected chi connectivity index (χ2v) is 8.54. The van der Waals surface area contributed by atoms with Crippen LogP contribution in [0.3, 0.4) is 0 Å². The van der Waals surface area contributed by atoms with Crippen molar-refractivity contribution in [1.29, 1.82) is 0 Å². The first-order chi connectivity index (χ1) is 13.2. The van der Waals surface area contributed by atoms with Crippen LogP contribution in [0.2, 0.25) is 0 Å². The molecule has 6 nitrogen and oxygen atoms in total. The Hall–Kier alpha value is -1.89. The molecule has 1 heterocycles. The first-order valence-electron chi connectivity index (χ1n) is 9.98. The molecule has 144 valence electrons. The van der Waals surface area contributed by atoms with Gasteiger partial charge in [0.25, 0.3) is 0 Å². The molecular formula is C20H27N5OS. The molecule has 0 spiro atoms. The van der Waals surface area contributed by atoms with Crippen LogP contribution in [0, 0.1) is 0 Å². The van der Waals surface area contributed by atoms with Crippen molar-refractivity contribution in [2.45, 2.75) is 68.6 Å². The number of rotatable bonds is 5. The van der Waals surface area contributed by atoms with Crippen molar-refractivity contribution in [3.8, 4) is 0 Å². The average Bonchev–Trinajstić information content (AvgIpc) is 3.20. The third-order valence-electron chi connectivity index (χ3n) is 5.91. The van der Waals surface area contributed by atoms with Crippen LogP contribution >= 0.6 is 11.8 Å². The van der Waals surface area contributed by atoms with E-state index in [1.807, 2.05) is 16.6 Å². The molecule has 0 N–H and O–H groups in total. The lowest BCUT2D eigenvalue weighted by atomic mass is 9.87. The quantitative estimate of drug-likeness (QED) is 0.733. The normalized spacial score (nSPS) is 20.3. The molecule has 1 atom stereocenters. The van der Waals surface area contributed by atoms with Gasteiger partial charge in [0, 0.05) is 7.05 Å². The second kappa shape index (κ2) is 8.42. The molecule has 2 aromatic rings. The predicted octanol–water partition coefficient (Wildman–Crippen LogP) is 3.81. The highest BCUT2D eigenvalue weighted by Crippen LogP contribution is 2.34. The van der Waals surface area contributed by atoms with Gasteiger partial charge in [0.15, 0.2) is 0 Å². The van der Waals surface area contributed by atoms with Crippen molar-refractivity contribution in [2.75, 3.05) is 12.8 Å². The van der Waals surface area contributed by atoms with Crippen LogP contribution in [-0.4, -0.2) is 43.8 Å². The van der Waals surface area contributed by atoms with E-state index in [0.717, 1.165) is 37.3 Å². The summed E-state index contributed by atoms with van der Waals surface area (Å²) in [6.45, 7) is 0. The van der Waals surface area contributed by atoms with E-state index in [1.165, 1.54) is 42.2 Å². The fraction of sp³-hybridized carbons (Fsp3) is 0.600. The fourth-order valence-corrected chi connectivity index (χ4v) is 5.24. The lowest BCUT2D eigenvalue weighted by Gasteiger charge is -2.33. The van der Waals surface area contributed by atoms with E-state index in [4.69, 9.17) is 0 Å². The van der Waals surface area contributed by atoms with Gasteiger partial charge in [0.05, 0.1) is 17.8 Å². The maximum absolute atomic E-state index is 12.9. The number of carbonyl (C=O) groups excluding carboxylic acids is 1. The Kier molecular flexibility index (Phi) is 5.76. The van der Waals surface area contributed by atoms with Crippen LogP contribution in [0.15, 0.2) is 29.4 Å². The van der Waals surface area contributed by atoms with E-state index in [2.05, 4.69) is 39.8 Å². The third kappa shape index (κ3) is 4.03. The van der Waals surface area contributed by atoms with Crippen LogP contribution in [0.1, 0.15) is 68.2 Å². The van der Waals surface area contributed by atoms with Crippen molar-refractivity contribution in [3.63, 3.8) is 0 Å². The second-order valence-electron chi connectivity index (χ2n) is 7.60. The molecule has 1 fully saturated rings. The molecule has 1 aromatic carbocycles. The molecule has 1 unspecified atom stereocenters. The summed E-state index contributed by atoms with van der Waals surface area (Å²) in [6, 6.07) is 9.07. The largest absolute Gasteiger partial charge is 0.338 e. The molecule has 0 saturated heterocycles. The van der Waals surface area contributed by atoms with Crippen molar-refractivity contribution in [3.05, 3.63) is 35.4 Å². The zero-order chi connectivity index (χ0) is 18.6. The van der Waals surface area contributed by atoms with Crippen LogP contribution in [0.25, 0.3) is 0 Å². The van der Waals surface area contributed by atoms with Crippen LogP contribution in [-0.2, 0) is 11.2 Å². The Balaban J connectivity index is 1.40. The minimum Gasteiger partial charge on any atom is -0.338 e. The Morgan fingerprint density at radius 3 is 2.85 bits per heavy atom. The van der Waals surface area contributed by atoms with Gasteiger partial charge in [0.1, 0.15) is 0 Å². The third-order valence-corrected chi connectivity index (χ3v) is 6.82. The zero-order valence-corrected chi connectivity index (χ0v) is 16.7. The summed E-state index contributed by atoms with van der Waals surface area (Å²) >= 11 is 1.46. The van der Waals surface area contributed by atoms with Gasteiger partial charge in [-0.2, -0.15) is 0 Å².